The molecule has 30 heavy (non-hydrogen) atoms. The number of nitro groups is 1. The first-order chi connectivity index (χ1) is 14.5. The average molecular weight is 401 g/mol. The average Bonchev–Trinajstić information content (AvgIpc) is 3.00. The van der Waals surface area contributed by atoms with E-state index in [0.29, 0.717) is 17.5 Å². The first kappa shape index (κ1) is 19.3. The fourth-order valence-electron chi connectivity index (χ4n) is 3.72. The van der Waals surface area contributed by atoms with E-state index < -0.39 is 16.5 Å². The molecule has 3 aromatic carbocycles. The number of nitrogens with one attached hydrogen (secondary N) is 1. The Bertz CT molecular complexity index is 1080. The number of nitro benzene ring substituents is 1. The zero-order valence-electron chi connectivity index (χ0n) is 16.0. The van der Waals surface area contributed by atoms with Gasteiger partial charge in [-0.05, 0) is 16.7 Å². The van der Waals surface area contributed by atoms with Crippen LogP contribution in [0.25, 0.3) is 0 Å². The minimum Gasteiger partial charge on any atom is -0.319 e. The summed E-state index contributed by atoms with van der Waals surface area (Å²) in [5.74, 6) is -0.346. The van der Waals surface area contributed by atoms with Gasteiger partial charge < -0.3 is 5.32 Å². The molecule has 4 rings (SSSR count). The molecule has 1 heterocycles. The van der Waals surface area contributed by atoms with Gasteiger partial charge in [0, 0.05) is 18.6 Å². The van der Waals surface area contributed by atoms with Crippen LogP contribution in [-0.4, -0.2) is 21.8 Å². The smallest absolute Gasteiger partial charge is 0.319 e. The Kier molecular flexibility index (Phi) is 5.02. The highest BCUT2D eigenvalue weighted by molar-refractivity contribution is 6.07. The number of imide groups is 1. The molecule has 7 heteroatoms. The molecule has 1 aliphatic rings. The molecule has 1 fully saturated rings. The van der Waals surface area contributed by atoms with Crippen molar-refractivity contribution in [3.8, 4) is 0 Å². The Morgan fingerprint density at radius 2 is 1.43 bits per heavy atom. The van der Waals surface area contributed by atoms with Gasteiger partial charge in [-0.15, -0.1) is 0 Å². The number of nitrogens with zero attached hydrogens (tertiary/aromatic N) is 2. The molecule has 0 saturated carbocycles. The highest BCUT2D eigenvalue weighted by Gasteiger charge is 2.52. The number of amides is 3. The monoisotopic (exact) mass is 401 g/mol. The van der Waals surface area contributed by atoms with Crippen LogP contribution >= 0.6 is 0 Å². The standard InChI is InChI=1S/C23H19N3O4/c27-21-23(19-9-5-2-6-10-19,15-17-7-3-1-4-8-17)24-22(28)25(21)16-18-11-13-20(14-12-18)26(29)30/h1-14H,15-16H2,(H,24,28). The molecule has 1 unspecified atom stereocenters. The first-order valence-corrected chi connectivity index (χ1v) is 9.46. The van der Waals surface area contributed by atoms with Gasteiger partial charge in [-0.25, -0.2) is 4.79 Å². The molecular formula is C23H19N3O4. The molecule has 150 valence electrons. The summed E-state index contributed by atoms with van der Waals surface area (Å²) in [7, 11) is 0. The summed E-state index contributed by atoms with van der Waals surface area (Å²) in [6.45, 7) is 0.0338. The molecule has 1 aliphatic heterocycles. The molecule has 1 saturated heterocycles. The number of carbonyl (C=O) groups excluding carboxylic acids is 2. The Labute approximate surface area is 173 Å². The molecule has 0 bridgehead atoms. The van der Waals surface area contributed by atoms with Crippen molar-refractivity contribution in [2.45, 2.75) is 18.5 Å². The molecule has 0 aromatic heterocycles. The van der Waals surface area contributed by atoms with Gasteiger partial charge in [0.15, 0.2) is 5.54 Å². The highest BCUT2D eigenvalue weighted by atomic mass is 16.6. The largest absolute Gasteiger partial charge is 0.325 e. The third-order valence-corrected chi connectivity index (χ3v) is 5.24. The van der Waals surface area contributed by atoms with Crippen molar-refractivity contribution in [3.63, 3.8) is 0 Å². The number of rotatable bonds is 6. The number of hydrogen-bond acceptors (Lipinski definition) is 4. The molecule has 1 N–H and O–H groups in total. The number of hydrogen-bond donors (Lipinski definition) is 1. The van der Waals surface area contributed by atoms with E-state index in [1.807, 2.05) is 60.7 Å². The van der Waals surface area contributed by atoms with E-state index in [0.717, 1.165) is 10.5 Å². The zero-order chi connectivity index (χ0) is 21.1. The van der Waals surface area contributed by atoms with Crippen molar-refractivity contribution in [1.29, 1.82) is 0 Å². The lowest BCUT2D eigenvalue weighted by atomic mass is 9.83. The summed E-state index contributed by atoms with van der Waals surface area (Å²) in [5.41, 5.74) is 1.01. The molecule has 0 aliphatic carbocycles. The third kappa shape index (κ3) is 3.53. The summed E-state index contributed by atoms with van der Waals surface area (Å²) in [5, 5.41) is 13.8. The second kappa shape index (κ2) is 7.79. The van der Waals surface area contributed by atoms with Crippen molar-refractivity contribution in [2.75, 3.05) is 0 Å². The van der Waals surface area contributed by atoms with Crippen molar-refractivity contribution in [2.24, 2.45) is 0 Å². The fourth-order valence-corrected chi connectivity index (χ4v) is 3.72. The minimum atomic E-state index is -1.21. The van der Waals surface area contributed by atoms with Gasteiger partial charge in [0.1, 0.15) is 0 Å². The summed E-state index contributed by atoms with van der Waals surface area (Å²) < 4.78 is 0. The first-order valence-electron chi connectivity index (χ1n) is 9.46. The Balaban J connectivity index is 1.67. The van der Waals surface area contributed by atoms with Crippen molar-refractivity contribution in [1.82, 2.24) is 10.2 Å². The summed E-state index contributed by atoms with van der Waals surface area (Å²) in [4.78, 5) is 37.9. The van der Waals surface area contributed by atoms with Gasteiger partial charge in [0.05, 0.1) is 11.5 Å². The number of benzene rings is 3. The Morgan fingerprint density at radius 1 is 0.833 bits per heavy atom. The second-order valence-electron chi connectivity index (χ2n) is 7.18. The second-order valence-corrected chi connectivity index (χ2v) is 7.18. The topological polar surface area (TPSA) is 92.6 Å². The maximum atomic E-state index is 13.6. The van der Waals surface area contributed by atoms with Crippen LogP contribution in [0.1, 0.15) is 16.7 Å². The maximum Gasteiger partial charge on any atom is 0.325 e. The Morgan fingerprint density at radius 3 is 2.03 bits per heavy atom. The molecule has 3 amide bonds. The fraction of sp³-hybridized carbons (Fsp3) is 0.130. The third-order valence-electron chi connectivity index (χ3n) is 5.24. The highest BCUT2D eigenvalue weighted by Crippen LogP contribution is 2.33. The van der Waals surface area contributed by atoms with Gasteiger partial charge in [-0.1, -0.05) is 72.8 Å². The molecular weight excluding hydrogens is 382 g/mol. The molecule has 0 radical (unpaired) electrons. The van der Waals surface area contributed by atoms with E-state index >= 15 is 0 Å². The lowest BCUT2D eigenvalue weighted by Gasteiger charge is -2.27. The van der Waals surface area contributed by atoms with E-state index in [2.05, 4.69) is 5.32 Å². The van der Waals surface area contributed by atoms with Crippen molar-refractivity contribution < 1.29 is 14.5 Å². The SMILES string of the molecule is O=C1NC(Cc2ccccc2)(c2ccccc2)C(=O)N1Cc1ccc([N+](=O)[O-])cc1. The van der Waals surface area contributed by atoms with Crippen LogP contribution in [-0.2, 0) is 23.3 Å². The van der Waals surface area contributed by atoms with Gasteiger partial charge in [0.2, 0.25) is 0 Å². The van der Waals surface area contributed by atoms with Crippen LogP contribution in [0.4, 0.5) is 10.5 Å². The van der Waals surface area contributed by atoms with Crippen LogP contribution in [0, 0.1) is 10.1 Å². The van der Waals surface area contributed by atoms with Crippen LogP contribution in [0.3, 0.4) is 0 Å². The predicted octanol–water partition coefficient (Wildman–Crippen LogP) is 3.78. The lowest BCUT2D eigenvalue weighted by Crippen LogP contribution is -2.46. The van der Waals surface area contributed by atoms with E-state index in [9.17, 15) is 19.7 Å². The summed E-state index contributed by atoms with van der Waals surface area (Å²) in [6.07, 6.45) is 0.319. The quantitative estimate of drug-likeness (QED) is 0.386. The van der Waals surface area contributed by atoms with Gasteiger partial charge in [0.25, 0.3) is 11.6 Å². The Hall–Kier alpha value is -4.00. The molecule has 0 spiro atoms. The number of non-ortho nitro benzene ring substituents is 1. The van der Waals surface area contributed by atoms with E-state index in [-0.39, 0.29) is 18.1 Å². The van der Waals surface area contributed by atoms with Gasteiger partial charge in [-0.3, -0.25) is 19.8 Å². The van der Waals surface area contributed by atoms with Crippen molar-refractivity contribution >= 4 is 17.6 Å². The minimum absolute atomic E-state index is 0.0338. The number of carbonyl (C=O) groups is 2. The van der Waals surface area contributed by atoms with Crippen LogP contribution in [0.15, 0.2) is 84.9 Å². The normalized spacial score (nSPS) is 18.3. The zero-order valence-corrected chi connectivity index (χ0v) is 16.0. The number of urea groups is 1. The summed E-state index contributed by atoms with van der Waals surface area (Å²) >= 11 is 0. The van der Waals surface area contributed by atoms with Crippen molar-refractivity contribution in [3.05, 3.63) is 112 Å². The van der Waals surface area contributed by atoms with Crippen LogP contribution in [0.5, 0.6) is 0 Å². The van der Waals surface area contributed by atoms with Crippen LogP contribution in [0.2, 0.25) is 0 Å². The predicted molar refractivity (Wildman–Crippen MR) is 110 cm³/mol. The van der Waals surface area contributed by atoms with E-state index in [4.69, 9.17) is 0 Å². The molecule has 1 atom stereocenters. The summed E-state index contributed by atoms with van der Waals surface area (Å²) in [6, 6.07) is 24.1. The van der Waals surface area contributed by atoms with Gasteiger partial charge in [-0.2, -0.15) is 0 Å². The lowest BCUT2D eigenvalue weighted by molar-refractivity contribution is -0.384. The molecule has 3 aromatic rings. The molecule has 7 nitrogen and oxygen atoms in total. The maximum absolute atomic E-state index is 13.6. The van der Waals surface area contributed by atoms with Gasteiger partial charge >= 0.3 is 6.03 Å². The van der Waals surface area contributed by atoms with E-state index in [1.54, 1.807) is 12.1 Å². The van der Waals surface area contributed by atoms with Crippen LogP contribution < -0.4 is 5.32 Å². The van der Waals surface area contributed by atoms with E-state index in [1.165, 1.54) is 12.1 Å².